The Balaban J connectivity index is 1.86. The van der Waals surface area contributed by atoms with E-state index in [4.69, 9.17) is 5.11 Å². The molecule has 1 aliphatic carbocycles. The van der Waals surface area contributed by atoms with E-state index in [1.165, 1.54) is 10.8 Å². The number of amides is 1. The zero-order valence-corrected chi connectivity index (χ0v) is 12.2. The largest absolute Gasteiger partial charge is 0.481 e. The second-order valence-corrected chi connectivity index (χ2v) is 5.49. The summed E-state index contributed by atoms with van der Waals surface area (Å²) >= 11 is 0. The molecular formula is C13H18N4O5. The molecule has 1 aliphatic rings. The summed E-state index contributed by atoms with van der Waals surface area (Å²) in [7, 11) is 0. The third-order valence-electron chi connectivity index (χ3n) is 3.91. The fourth-order valence-electron chi connectivity index (χ4n) is 2.65. The highest BCUT2D eigenvalue weighted by atomic mass is 16.6. The van der Waals surface area contributed by atoms with Crippen LogP contribution < -0.4 is 5.32 Å². The van der Waals surface area contributed by atoms with Crippen molar-refractivity contribution in [2.45, 2.75) is 45.2 Å². The van der Waals surface area contributed by atoms with Crippen LogP contribution in [0.15, 0.2) is 6.20 Å². The quantitative estimate of drug-likeness (QED) is 0.613. The Hall–Kier alpha value is -2.45. The van der Waals surface area contributed by atoms with Gasteiger partial charge in [-0.3, -0.25) is 14.2 Å². The molecular weight excluding hydrogens is 292 g/mol. The molecule has 0 aliphatic heterocycles. The van der Waals surface area contributed by atoms with E-state index >= 15 is 0 Å². The molecule has 0 unspecified atom stereocenters. The molecule has 9 heteroatoms. The lowest BCUT2D eigenvalue weighted by Crippen LogP contribution is -2.40. The molecule has 1 aromatic rings. The van der Waals surface area contributed by atoms with Gasteiger partial charge in [-0.2, -0.15) is 0 Å². The van der Waals surface area contributed by atoms with E-state index in [1.54, 1.807) is 6.92 Å². The number of aryl methyl sites for hydroxylation is 1. The van der Waals surface area contributed by atoms with Crippen molar-refractivity contribution in [3.63, 3.8) is 0 Å². The van der Waals surface area contributed by atoms with Crippen LogP contribution in [0.3, 0.4) is 0 Å². The molecule has 2 rings (SSSR count). The number of carboxylic acid groups (broad SMARTS) is 1. The van der Waals surface area contributed by atoms with Crippen molar-refractivity contribution in [2.24, 2.45) is 5.92 Å². The van der Waals surface area contributed by atoms with E-state index in [0.717, 1.165) is 0 Å². The van der Waals surface area contributed by atoms with Crippen molar-refractivity contribution in [1.82, 2.24) is 14.9 Å². The minimum atomic E-state index is -0.786. The van der Waals surface area contributed by atoms with Crippen LogP contribution in [0.5, 0.6) is 0 Å². The maximum Gasteiger partial charge on any atom is 0.381 e. The van der Waals surface area contributed by atoms with Crippen LogP contribution in [0.25, 0.3) is 0 Å². The third kappa shape index (κ3) is 3.80. The van der Waals surface area contributed by atoms with Gasteiger partial charge in [0, 0.05) is 13.0 Å². The van der Waals surface area contributed by atoms with Crippen molar-refractivity contribution < 1.29 is 19.6 Å². The smallest absolute Gasteiger partial charge is 0.381 e. The van der Waals surface area contributed by atoms with Crippen LogP contribution in [0, 0.1) is 23.0 Å². The normalized spacial score (nSPS) is 21.3. The van der Waals surface area contributed by atoms with Crippen molar-refractivity contribution >= 4 is 17.7 Å². The molecule has 1 saturated carbocycles. The van der Waals surface area contributed by atoms with Gasteiger partial charge in [0.1, 0.15) is 12.7 Å². The van der Waals surface area contributed by atoms with E-state index in [1.807, 2.05) is 0 Å². The monoisotopic (exact) mass is 310 g/mol. The number of carboxylic acids is 1. The molecule has 1 amide bonds. The molecule has 22 heavy (non-hydrogen) atoms. The fraction of sp³-hybridized carbons (Fsp3) is 0.615. The minimum Gasteiger partial charge on any atom is -0.481 e. The number of hydrogen-bond donors (Lipinski definition) is 2. The number of nitro groups is 1. The van der Waals surface area contributed by atoms with E-state index in [-0.39, 0.29) is 30.2 Å². The average molecular weight is 310 g/mol. The molecule has 9 nitrogen and oxygen atoms in total. The van der Waals surface area contributed by atoms with Crippen molar-refractivity contribution in [1.29, 1.82) is 0 Å². The van der Waals surface area contributed by atoms with Gasteiger partial charge in [0.2, 0.25) is 11.7 Å². The number of carbonyl (C=O) groups is 2. The van der Waals surface area contributed by atoms with Gasteiger partial charge >= 0.3 is 11.8 Å². The van der Waals surface area contributed by atoms with Crippen LogP contribution in [0.4, 0.5) is 5.82 Å². The summed E-state index contributed by atoms with van der Waals surface area (Å²) in [5.74, 6) is -1.25. The van der Waals surface area contributed by atoms with Crippen LogP contribution in [0.2, 0.25) is 0 Å². The summed E-state index contributed by atoms with van der Waals surface area (Å²) in [4.78, 5) is 36.6. The Bertz CT molecular complexity index is 589. The maximum absolute atomic E-state index is 12.0. The molecule has 1 fully saturated rings. The molecule has 2 N–H and O–H groups in total. The minimum absolute atomic E-state index is 0.0362. The predicted octanol–water partition coefficient (Wildman–Crippen LogP) is 0.859. The first-order valence-corrected chi connectivity index (χ1v) is 7.07. The van der Waals surface area contributed by atoms with Gasteiger partial charge in [-0.25, -0.2) is 0 Å². The number of rotatable bonds is 5. The van der Waals surface area contributed by atoms with Crippen LogP contribution in [0.1, 0.15) is 31.5 Å². The van der Waals surface area contributed by atoms with Gasteiger partial charge in [0.05, 0.1) is 5.92 Å². The number of aliphatic carboxylic acids is 1. The van der Waals surface area contributed by atoms with Gasteiger partial charge in [-0.15, -0.1) is 0 Å². The Morgan fingerprint density at radius 1 is 1.45 bits per heavy atom. The van der Waals surface area contributed by atoms with E-state index < -0.39 is 10.9 Å². The summed E-state index contributed by atoms with van der Waals surface area (Å²) in [6.07, 6.45) is 3.60. The standard InChI is InChI=1S/C13H18N4O5/c1-8-14-11(17(21)22)6-16(8)7-12(18)15-10-4-2-9(3-5-10)13(19)20/h6,9-10H,2-5,7H2,1H3,(H,15,18)(H,19,20). The molecule has 0 atom stereocenters. The van der Waals surface area contributed by atoms with Crippen LogP contribution in [-0.2, 0) is 16.1 Å². The van der Waals surface area contributed by atoms with Crippen LogP contribution >= 0.6 is 0 Å². The van der Waals surface area contributed by atoms with E-state index in [0.29, 0.717) is 31.5 Å². The molecule has 120 valence electrons. The highest BCUT2D eigenvalue weighted by Gasteiger charge is 2.27. The third-order valence-corrected chi connectivity index (χ3v) is 3.91. The number of carbonyl (C=O) groups excluding carboxylic acids is 1. The second kappa shape index (κ2) is 6.54. The summed E-state index contributed by atoms with van der Waals surface area (Å²) < 4.78 is 1.43. The lowest BCUT2D eigenvalue weighted by atomic mass is 9.86. The van der Waals surface area contributed by atoms with Gasteiger partial charge < -0.3 is 20.5 Å². The lowest BCUT2D eigenvalue weighted by molar-refractivity contribution is -0.389. The number of nitrogens with zero attached hydrogens (tertiary/aromatic N) is 3. The van der Waals surface area contributed by atoms with Crippen molar-refractivity contribution in [3.8, 4) is 0 Å². The van der Waals surface area contributed by atoms with Gasteiger partial charge in [0.15, 0.2) is 0 Å². The Morgan fingerprint density at radius 2 is 2.09 bits per heavy atom. The molecule has 0 radical (unpaired) electrons. The molecule has 0 saturated heterocycles. The average Bonchev–Trinajstić information content (AvgIpc) is 2.81. The number of imidazole rings is 1. The van der Waals surface area contributed by atoms with Gasteiger partial charge in [-0.05, 0) is 35.6 Å². The zero-order valence-electron chi connectivity index (χ0n) is 12.2. The summed E-state index contributed by atoms with van der Waals surface area (Å²) in [5.41, 5.74) is 0. The molecule has 0 bridgehead atoms. The fourth-order valence-corrected chi connectivity index (χ4v) is 2.65. The molecule has 0 spiro atoms. The SMILES string of the molecule is Cc1nc([N+](=O)[O-])cn1CC(=O)NC1CCC(C(=O)O)CC1. The van der Waals surface area contributed by atoms with Crippen molar-refractivity contribution in [2.75, 3.05) is 0 Å². The van der Waals surface area contributed by atoms with Gasteiger partial charge in [0.25, 0.3) is 0 Å². The first-order valence-electron chi connectivity index (χ1n) is 7.07. The molecule has 1 heterocycles. The van der Waals surface area contributed by atoms with E-state index in [9.17, 15) is 19.7 Å². The lowest BCUT2D eigenvalue weighted by Gasteiger charge is -2.26. The highest BCUT2D eigenvalue weighted by Crippen LogP contribution is 2.24. The van der Waals surface area contributed by atoms with Crippen molar-refractivity contribution in [3.05, 3.63) is 22.1 Å². The predicted molar refractivity (Wildman–Crippen MR) is 75.1 cm³/mol. The summed E-state index contributed by atoms with van der Waals surface area (Å²) in [5, 5.41) is 22.4. The summed E-state index contributed by atoms with van der Waals surface area (Å²) in [6, 6.07) is -0.0399. The Labute approximate surface area is 126 Å². The topological polar surface area (TPSA) is 127 Å². The highest BCUT2D eigenvalue weighted by molar-refractivity contribution is 5.76. The number of aromatic nitrogens is 2. The Kier molecular flexibility index (Phi) is 4.74. The number of nitrogens with one attached hydrogen (secondary N) is 1. The summed E-state index contributed by atoms with van der Waals surface area (Å²) in [6.45, 7) is 1.56. The first kappa shape index (κ1) is 15.9. The van der Waals surface area contributed by atoms with Gasteiger partial charge in [-0.1, -0.05) is 0 Å². The number of hydrogen-bond acceptors (Lipinski definition) is 5. The zero-order chi connectivity index (χ0) is 16.3. The van der Waals surface area contributed by atoms with Crippen LogP contribution in [-0.4, -0.2) is 37.5 Å². The molecule has 1 aromatic heterocycles. The first-order chi connectivity index (χ1) is 10.4. The molecule has 0 aromatic carbocycles. The second-order valence-electron chi connectivity index (χ2n) is 5.49. The van der Waals surface area contributed by atoms with E-state index in [2.05, 4.69) is 10.3 Å². The maximum atomic E-state index is 12.0. The Morgan fingerprint density at radius 3 is 2.59 bits per heavy atom.